The Morgan fingerprint density at radius 1 is 1.05 bits per heavy atom. The highest BCUT2D eigenvalue weighted by Gasteiger charge is 2.13. The molecular weight excluding hydrogens is 274 g/mol. The molecule has 0 unspecified atom stereocenters. The minimum atomic E-state index is -2.45. The van der Waals surface area contributed by atoms with E-state index in [1.807, 2.05) is 0 Å². The van der Waals surface area contributed by atoms with Crippen molar-refractivity contribution in [2.75, 3.05) is 0 Å². The van der Waals surface area contributed by atoms with Gasteiger partial charge in [0.1, 0.15) is 5.82 Å². The van der Waals surface area contributed by atoms with E-state index >= 15 is 0 Å². The number of aromatic nitrogens is 2. The lowest BCUT2D eigenvalue weighted by atomic mass is 10.0. The van der Waals surface area contributed by atoms with Crippen molar-refractivity contribution in [3.63, 3.8) is 0 Å². The minimum Gasteiger partial charge on any atom is -0.306 e. The summed E-state index contributed by atoms with van der Waals surface area (Å²) < 4.78 is 25.3. The first kappa shape index (κ1) is 13.4. The number of nitrogens with zero attached hydrogens (tertiary/aromatic N) is 1. The van der Waals surface area contributed by atoms with Crippen LogP contribution in [0.5, 0.6) is 0 Å². The first-order valence-electron chi connectivity index (χ1n) is 6.50. The molecule has 0 saturated heterocycles. The fourth-order valence-electron chi connectivity index (χ4n) is 2.31. The summed E-state index contributed by atoms with van der Waals surface area (Å²) in [4.78, 5) is 19.1. The second-order valence-corrected chi connectivity index (χ2v) is 4.68. The Bertz CT molecular complexity index is 843. The summed E-state index contributed by atoms with van der Waals surface area (Å²) in [5.41, 5.74) is 1.26. The zero-order chi connectivity index (χ0) is 14.8. The number of H-pyrrole nitrogens is 1. The number of aromatic amines is 1. The number of alkyl halides is 2. The summed E-state index contributed by atoms with van der Waals surface area (Å²) in [5.74, 6) is 0.315. The lowest BCUT2D eigenvalue weighted by Crippen LogP contribution is -2.10. The maximum absolute atomic E-state index is 12.7. The summed E-state index contributed by atoms with van der Waals surface area (Å²) in [6.07, 6.45) is -2.81. The molecule has 0 spiro atoms. The number of benzene rings is 2. The predicted molar refractivity (Wildman–Crippen MR) is 77.5 cm³/mol. The molecule has 0 aliphatic heterocycles. The standard InChI is InChI=1S/C16H12F2N2O/c17-14(18)9-10-5-1-2-6-11(10)15-19-13-8-4-3-7-12(13)16(21)20-15/h1-8,14H,9H2,(H,19,20,21). The van der Waals surface area contributed by atoms with Crippen molar-refractivity contribution in [2.45, 2.75) is 12.8 Å². The molecule has 0 bridgehead atoms. The first-order chi connectivity index (χ1) is 10.1. The Morgan fingerprint density at radius 3 is 2.57 bits per heavy atom. The van der Waals surface area contributed by atoms with Gasteiger partial charge in [-0.1, -0.05) is 36.4 Å². The number of hydrogen-bond acceptors (Lipinski definition) is 2. The van der Waals surface area contributed by atoms with Gasteiger partial charge in [-0.3, -0.25) is 4.79 Å². The van der Waals surface area contributed by atoms with Gasteiger partial charge in [0.25, 0.3) is 5.56 Å². The largest absolute Gasteiger partial charge is 0.306 e. The molecule has 21 heavy (non-hydrogen) atoms. The number of fused-ring (bicyclic) bond motifs is 1. The molecule has 0 atom stereocenters. The Balaban J connectivity index is 2.19. The van der Waals surface area contributed by atoms with Gasteiger partial charge in [0.05, 0.1) is 10.9 Å². The summed E-state index contributed by atoms with van der Waals surface area (Å²) in [5, 5.41) is 0.479. The van der Waals surface area contributed by atoms with Gasteiger partial charge in [-0.05, 0) is 17.7 Å². The summed E-state index contributed by atoms with van der Waals surface area (Å²) in [7, 11) is 0. The van der Waals surface area contributed by atoms with E-state index in [1.165, 1.54) is 0 Å². The lowest BCUT2D eigenvalue weighted by molar-refractivity contribution is 0.149. The van der Waals surface area contributed by atoms with E-state index in [9.17, 15) is 13.6 Å². The Labute approximate surface area is 119 Å². The molecule has 106 valence electrons. The van der Waals surface area contributed by atoms with Crippen LogP contribution in [0.2, 0.25) is 0 Å². The van der Waals surface area contributed by atoms with Gasteiger partial charge in [-0.25, -0.2) is 13.8 Å². The Kier molecular flexibility index (Phi) is 3.48. The molecule has 3 aromatic rings. The van der Waals surface area contributed by atoms with E-state index in [2.05, 4.69) is 9.97 Å². The predicted octanol–water partition coefficient (Wildman–Crippen LogP) is 3.40. The van der Waals surface area contributed by atoms with Crippen LogP contribution in [0.25, 0.3) is 22.3 Å². The summed E-state index contributed by atoms with van der Waals surface area (Å²) in [6.45, 7) is 0. The van der Waals surface area contributed by atoms with Crippen LogP contribution < -0.4 is 5.56 Å². The molecule has 5 heteroatoms. The van der Waals surface area contributed by atoms with Crippen molar-refractivity contribution >= 4 is 10.9 Å². The zero-order valence-electron chi connectivity index (χ0n) is 11.0. The van der Waals surface area contributed by atoms with E-state index in [0.29, 0.717) is 27.9 Å². The highest BCUT2D eigenvalue weighted by Crippen LogP contribution is 2.22. The smallest absolute Gasteiger partial charge is 0.259 e. The zero-order valence-corrected chi connectivity index (χ0v) is 11.0. The van der Waals surface area contributed by atoms with Crippen LogP contribution in [-0.2, 0) is 6.42 Å². The normalized spacial score (nSPS) is 11.2. The van der Waals surface area contributed by atoms with Crippen molar-refractivity contribution in [3.8, 4) is 11.4 Å². The van der Waals surface area contributed by atoms with Crippen molar-refractivity contribution in [1.29, 1.82) is 0 Å². The van der Waals surface area contributed by atoms with E-state index < -0.39 is 6.43 Å². The quantitative estimate of drug-likeness (QED) is 0.802. The van der Waals surface area contributed by atoms with Crippen LogP contribution in [-0.4, -0.2) is 16.4 Å². The van der Waals surface area contributed by atoms with Crippen molar-refractivity contribution in [3.05, 3.63) is 64.4 Å². The molecule has 2 aromatic carbocycles. The molecule has 0 fully saturated rings. The molecule has 0 aliphatic carbocycles. The highest BCUT2D eigenvalue weighted by atomic mass is 19.3. The fourth-order valence-corrected chi connectivity index (χ4v) is 2.31. The van der Waals surface area contributed by atoms with Gasteiger partial charge in [0, 0.05) is 12.0 Å². The average molecular weight is 286 g/mol. The first-order valence-corrected chi connectivity index (χ1v) is 6.50. The SMILES string of the molecule is O=c1[nH]c(-c2ccccc2CC(F)F)nc2ccccc12. The van der Waals surface area contributed by atoms with Crippen LogP contribution in [0, 0.1) is 0 Å². The highest BCUT2D eigenvalue weighted by molar-refractivity contribution is 5.79. The average Bonchev–Trinajstić information content (AvgIpc) is 2.47. The van der Waals surface area contributed by atoms with E-state index in [4.69, 9.17) is 0 Å². The van der Waals surface area contributed by atoms with Crippen molar-refractivity contribution < 1.29 is 8.78 Å². The molecule has 1 N–H and O–H groups in total. The number of rotatable bonds is 3. The molecular formula is C16H12F2N2O. The number of nitrogens with one attached hydrogen (secondary N) is 1. The molecule has 0 aliphatic rings. The molecule has 0 saturated carbocycles. The fraction of sp³-hybridized carbons (Fsp3) is 0.125. The molecule has 3 nitrogen and oxygen atoms in total. The van der Waals surface area contributed by atoms with E-state index in [-0.39, 0.29) is 12.0 Å². The number of halogens is 2. The van der Waals surface area contributed by atoms with E-state index in [1.54, 1.807) is 48.5 Å². The summed E-state index contributed by atoms with van der Waals surface area (Å²) >= 11 is 0. The maximum atomic E-state index is 12.7. The van der Waals surface area contributed by atoms with Crippen LogP contribution in [0.3, 0.4) is 0 Å². The van der Waals surface area contributed by atoms with Crippen LogP contribution >= 0.6 is 0 Å². The van der Waals surface area contributed by atoms with E-state index in [0.717, 1.165) is 0 Å². The minimum absolute atomic E-state index is 0.276. The van der Waals surface area contributed by atoms with Gasteiger partial charge in [-0.15, -0.1) is 0 Å². The van der Waals surface area contributed by atoms with Gasteiger partial charge in [0.15, 0.2) is 0 Å². The summed E-state index contributed by atoms with van der Waals surface area (Å²) in [6, 6.07) is 13.7. The topological polar surface area (TPSA) is 45.8 Å². The molecule has 1 aromatic heterocycles. The Morgan fingerprint density at radius 2 is 1.76 bits per heavy atom. The van der Waals surface area contributed by atoms with Crippen LogP contribution in [0.4, 0.5) is 8.78 Å². The van der Waals surface area contributed by atoms with Gasteiger partial charge < -0.3 is 4.98 Å². The second-order valence-electron chi connectivity index (χ2n) is 4.68. The van der Waals surface area contributed by atoms with Crippen molar-refractivity contribution in [2.24, 2.45) is 0 Å². The molecule has 0 amide bonds. The maximum Gasteiger partial charge on any atom is 0.259 e. The molecule has 1 heterocycles. The third-order valence-corrected chi connectivity index (χ3v) is 3.26. The molecule has 3 rings (SSSR count). The third-order valence-electron chi connectivity index (χ3n) is 3.26. The van der Waals surface area contributed by atoms with Crippen LogP contribution in [0.1, 0.15) is 5.56 Å². The Hall–Kier alpha value is -2.56. The molecule has 0 radical (unpaired) electrons. The van der Waals surface area contributed by atoms with Gasteiger partial charge in [0.2, 0.25) is 6.43 Å². The monoisotopic (exact) mass is 286 g/mol. The lowest BCUT2D eigenvalue weighted by Gasteiger charge is -2.09. The third kappa shape index (κ3) is 2.67. The number of para-hydroxylation sites is 1. The number of hydrogen-bond donors (Lipinski definition) is 1. The second kappa shape index (κ2) is 5.44. The van der Waals surface area contributed by atoms with Crippen molar-refractivity contribution in [1.82, 2.24) is 9.97 Å². The van der Waals surface area contributed by atoms with Gasteiger partial charge in [-0.2, -0.15) is 0 Å². The van der Waals surface area contributed by atoms with Crippen LogP contribution in [0.15, 0.2) is 53.3 Å². The van der Waals surface area contributed by atoms with Gasteiger partial charge >= 0.3 is 0 Å².